The van der Waals surface area contributed by atoms with Gasteiger partial charge in [0, 0.05) is 38.8 Å². The van der Waals surface area contributed by atoms with E-state index in [9.17, 15) is 13.2 Å². The molecule has 1 aliphatic rings. The summed E-state index contributed by atoms with van der Waals surface area (Å²) in [6, 6.07) is 1.01. The third kappa shape index (κ3) is 4.88. The summed E-state index contributed by atoms with van der Waals surface area (Å²) in [5.41, 5.74) is 1.99. The largest absolute Gasteiger partial charge is 0.417 e. The van der Waals surface area contributed by atoms with Crippen molar-refractivity contribution in [2.24, 2.45) is 9.98 Å². The number of rotatable bonds is 6. The minimum atomic E-state index is -4.46. The fourth-order valence-corrected chi connectivity index (χ4v) is 2.56. The number of nitrogens with one attached hydrogen (secondary N) is 1. The number of aromatic nitrogens is 1. The number of anilines is 1. The van der Waals surface area contributed by atoms with Crippen LogP contribution in [0.25, 0.3) is 0 Å². The lowest BCUT2D eigenvalue weighted by atomic mass is 9.97. The Hall–Kier alpha value is -2.22. The molecule has 0 unspecified atom stereocenters. The van der Waals surface area contributed by atoms with Gasteiger partial charge >= 0.3 is 6.18 Å². The van der Waals surface area contributed by atoms with Crippen molar-refractivity contribution >= 4 is 23.4 Å². The first kappa shape index (κ1) is 19.1. The number of dihydropyridines is 1. The average Bonchev–Trinajstić information content (AvgIpc) is 2.59. The molecule has 0 aliphatic carbocycles. The molecule has 0 radical (unpaired) electrons. The Morgan fingerprint density at radius 2 is 2.16 bits per heavy atom. The second-order valence-corrected chi connectivity index (χ2v) is 5.57. The van der Waals surface area contributed by atoms with Crippen LogP contribution in [0, 0.1) is 0 Å². The highest BCUT2D eigenvalue weighted by Gasteiger charge is 2.31. The van der Waals surface area contributed by atoms with E-state index in [1.54, 1.807) is 27.3 Å². The minimum Gasteiger partial charge on any atom is -0.384 e. The maximum Gasteiger partial charge on any atom is 0.417 e. The molecule has 1 aromatic rings. The van der Waals surface area contributed by atoms with Crippen molar-refractivity contribution in [3.8, 4) is 0 Å². The van der Waals surface area contributed by atoms with Crippen LogP contribution >= 0.6 is 0 Å². The Balaban J connectivity index is 2.43. The van der Waals surface area contributed by atoms with E-state index >= 15 is 0 Å². The van der Waals surface area contributed by atoms with Gasteiger partial charge in [-0.05, 0) is 37.0 Å². The number of aliphatic imine (C=N–C) groups is 2. The van der Waals surface area contributed by atoms with Crippen molar-refractivity contribution in [1.82, 2.24) is 4.98 Å². The Morgan fingerprint density at radius 1 is 1.40 bits per heavy atom. The molecule has 0 saturated carbocycles. The lowest BCUT2D eigenvalue weighted by Crippen LogP contribution is -2.11. The molecule has 0 bridgehead atoms. The predicted molar refractivity (Wildman–Crippen MR) is 93.0 cm³/mol. The molecule has 2 heterocycles. The standard InChI is InChI=1S/C17H21F3N4O/c1-11(14-4-6-22-9-12(14)5-7-25-3)24-15-8-13(17(18,19)20)10-23-16(15)21-2/h8-10H,4-7H2,1-3H3,(H,21,23). The van der Waals surface area contributed by atoms with Crippen LogP contribution in [0.5, 0.6) is 0 Å². The number of hydrogen-bond acceptors (Lipinski definition) is 5. The van der Waals surface area contributed by atoms with Gasteiger partial charge in [-0.25, -0.2) is 9.98 Å². The topological polar surface area (TPSA) is 58.9 Å². The quantitative estimate of drug-likeness (QED) is 0.784. The van der Waals surface area contributed by atoms with Crippen LogP contribution < -0.4 is 5.32 Å². The number of pyridine rings is 1. The molecule has 0 amide bonds. The number of hydrogen-bond donors (Lipinski definition) is 1. The predicted octanol–water partition coefficient (Wildman–Crippen LogP) is 4.04. The molecule has 1 N–H and O–H groups in total. The number of alkyl halides is 3. The summed E-state index contributed by atoms with van der Waals surface area (Å²) in [7, 11) is 3.22. The second-order valence-electron chi connectivity index (χ2n) is 5.57. The maximum absolute atomic E-state index is 12.9. The van der Waals surface area contributed by atoms with E-state index in [1.807, 2.05) is 0 Å². The van der Waals surface area contributed by atoms with E-state index < -0.39 is 11.7 Å². The lowest BCUT2D eigenvalue weighted by molar-refractivity contribution is -0.137. The molecule has 0 fully saturated rings. The van der Waals surface area contributed by atoms with Gasteiger partial charge in [0.05, 0.1) is 12.2 Å². The van der Waals surface area contributed by atoms with E-state index in [4.69, 9.17) is 4.74 Å². The maximum atomic E-state index is 12.9. The average molecular weight is 354 g/mol. The van der Waals surface area contributed by atoms with Crippen molar-refractivity contribution in [2.75, 3.05) is 32.6 Å². The van der Waals surface area contributed by atoms with Crippen LogP contribution in [0.3, 0.4) is 0 Å². The molecule has 0 spiro atoms. The molecule has 0 saturated heterocycles. The number of methoxy groups -OCH3 is 1. The number of ether oxygens (including phenoxy) is 1. The van der Waals surface area contributed by atoms with Crippen LogP contribution in [0.15, 0.2) is 33.4 Å². The molecule has 2 rings (SSSR count). The van der Waals surface area contributed by atoms with Gasteiger partial charge in [0.25, 0.3) is 0 Å². The van der Waals surface area contributed by atoms with Crippen molar-refractivity contribution in [2.45, 2.75) is 25.9 Å². The molecule has 8 heteroatoms. The Labute approximate surface area is 144 Å². The van der Waals surface area contributed by atoms with Crippen LogP contribution in [0.4, 0.5) is 24.7 Å². The molecule has 5 nitrogen and oxygen atoms in total. The zero-order chi connectivity index (χ0) is 18.4. The highest BCUT2D eigenvalue weighted by molar-refractivity contribution is 6.05. The zero-order valence-electron chi connectivity index (χ0n) is 14.4. The summed E-state index contributed by atoms with van der Waals surface area (Å²) >= 11 is 0. The summed E-state index contributed by atoms with van der Waals surface area (Å²) in [6.45, 7) is 2.98. The number of halogens is 3. The van der Waals surface area contributed by atoms with Crippen LogP contribution in [0.2, 0.25) is 0 Å². The van der Waals surface area contributed by atoms with Crippen molar-refractivity contribution < 1.29 is 17.9 Å². The van der Waals surface area contributed by atoms with E-state index in [0.717, 1.165) is 23.4 Å². The third-order valence-electron chi connectivity index (χ3n) is 3.86. The molecule has 0 atom stereocenters. The van der Waals surface area contributed by atoms with E-state index in [-0.39, 0.29) is 5.69 Å². The molecule has 25 heavy (non-hydrogen) atoms. The molecule has 1 aliphatic heterocycles. The van der Waals surface area contributed by atoms with Crippen LogP contribution in [0.1, 0.15) is 25.3 Å². The lowest BCUT2D eigenvalue weighted by Gasteiger charge is -2.16. The normalized spacial score (nSPS) is 15.7. The summed E-state index contributed by atoms with van der Waals surface area (Å²) < 4.78 is 43.9. The first-order valence-electron chi connectivity index (χ1n) is 7.88. The molecule has 0 aromatic carbocycles. The van der Waals surface area contributed by atoms with Gasteiger partial charge in [0.15, 0.2) is 5.82 Å². The van der Waals surface area contributed by atoms with Crippen LogP contribution in [-0.2, 0) is 10.9 Å². The minimum absolute atomic E-state index is 0.163. The Kier molecular flexibility index (Phi) is 6.30. The van der Waals surface area contributed by atoms with Gasteiger partial charge in [-0.2, -0.15) is 13.2 Å². The Bertz CT molecular complexity index is 708. The second kappa shape index (κ2) is 8.24. The van der Waals surface area contributed by atoms with Crippen LogP contribution in [-0.4, -0.2) is 44.2 Å². The highest BCUT2D eigenvalue weighted by Crippen LogP contribution is 2.34. The third-order valence-corrected chi connectivity index (χ3v) is 3.86. The summed E-state index contributed by atoms with van der Waals surface area (Å²) in [6.07, 6.45) is -0.483. The summed E-state index contributed by atoms with van der Waals surface area (Å²) in [5, 5.41) is 2.78. The van der Waals surface area contributed by atoms with E-state index in [0.29, 0.717) is 37.5 Å². The fraction of sp³-hybridized carbons (Fsp3) is 0.471. The molecular weight excluding hydrogens is 333 g/mol. The summed E-state index contributed by atoms with van der Waals surface area (Å²) in [4.78, 5) is 12.5. The Morgan fingerprint density at radius 3 is 2.80 bits per heavy atom. The van der Waals surface area contributed by atoms with Gasteiger partial charge in [-0.15, -0.1) is 0 Å². The van der Waals surface area contributed by atoms with Crippen molar-refractivity contribution in [3.63, 3.8) is 0 Å². The smallest absolute Gasteiger partial charge is 0.384 e. The first-order valence-corrected chi connectivity index (χ1v) is 7.88. The monoisotopic (exact) mass is 354 g/mol. The van der Waals surface area contributed by atoms with Gasteiger partial charge < -0.3 is 10.1 Å². The first-order chi connectivity index (χ1) is 11.9. The van der Waals surface area contributed by atoms with Crippen molar-refractivity contribution in [3.05, 3.63) is 29.0 Å². The van der Waals surface area contributed by atoms with Gasteiger partial charge in [0.2, 0.25) is 0 Å². The summed E-state index contributed by atoms with van der Waals surface area (Å²) in [5.74, 6) is 0.302. The number of nitrogens with zero attached hydrogens (tertiary/aromatic N) is 3. The van der Waals surface area contributed by atoms with Gasteiger partial charge in [0.1, 0.15) is 5.69 Å². The van der Waals surface area contributed by atoms with E-state index in [1.165, 1.54) is 0 Å². The van der Waals surface area contributed by atoms with E-state index in [2.05, 4.69) is 20.3 Å². The fourth-order valence-electron chi connectivity index (χ4n) is 2.56. The molecule has 1 aromatic heterocycles. The molecular formula is C17H21F3N4O. The highest BCUT2D eigenvalue weighted by atomic mass is 19.4. The van der Waals surface area contributed by atoms with Gasteiger partial charge in [-0.3, -0.25) is 4.99 Å². The van der Waals surface area contributed by atoms with Crippen molar-refractivity contribution in [1.29, 1.82) is 0 Å². The molecule has 136 valence electrons. The van der Waals surface area contributed by atoms with Gasteiger partial charge in [-0.1, -0.05) is 0 Å². The SMILES string of the molecule is CNc1ncc(C(F)(F)F)cc1N=C(C)C1=C(CCOC)C=NCC1. The zero-order valence-corrected chi connectivity index (χ0v) is 14.4.